The van der Waals surface area contributed by atoms with E-state index in [1.165, 1.54) is 25.3 Å². The Morgan fingerprint density at radius 3 is 2.52 bits per heavy atom. The Hall–Kier alpha value is -3.46. The SMILES string of the molecule is COC(=O)c1cc(N2CCOCC2)ccc1NC(=O)c1ccc([N+](=O)[O-])c(C)c1. The molecule has 0 aromatic heterocycles. The van der Waals surface area contributed by atoms with Gasteiger partial charge in [0.2, 0.25) is 0 Å². The van der Waals surface area contributed by atoms with Gasteiger partial charge in [0.15, 0.2) is 0 Å². The van der Waals surface area contributed by atoms with Crippen LogP contribution >= 0.6 is 0 Å². The Kier molecular flexibility index (Phi) is 6.08. The van der Waals surface area contributed by atoms with E-state index in [-0.39, 0.29) is 16.8 Å². The first-order chi connectivity index (χ1) is 13.9. The van der Waals surface area contributed by atoms with Crippen molar-refractivity contribution in [3.63, 3.8) is 0 Å². The van der Waals surface area contributed by atoms with Crippen molar-refractivity contribution >= 4 is 28.9 Å². The third-order valence-corrected chi connectivity index (χ3v) is 4.69. The number of amides is 1. The first kappa shape index (κ1) is 20.3. The molecule has 1 aliphatic heterocycles. The maximum absolute atomic E-state index is 12.6. The Bertz CT molecular complexity index is 953. The lowest BCUT2D eigenvalue weighted by Gasteiger charge is -2.29. The Balaban J connectivity index is 1.87. The Morgan fingerprint density at radius 1 is 1.17 bits per heavy atom. The number of benzene rings is 2. The second kappa shape index (κ2) is 8.70. The molecule has 0 spiro atoms. The molecule has 29 heavy (non-hydrogen) atoms. The quantitative estimate of drug-likeness (QED) is 0.467. The summed E-state index contributed by atoms with van der Waals surface area (Å²) in [6, 6.07) is 9.23. The molecule has 1 N–H and O–H groups in total. The van der Waals surface area contributed by atoms with Crippen LogP contribution in [-0.2, 0) is 9.47 Å². The predicted octanol–water partition coefficient (Wildman–Crippen LogP) is 2.78. The number of nitro benzene ring substituents is 1. The lowest BCUT2D eigenvalue weighted by atomic mass is 10.1. The summed E-state index contributed by atoms with van der Waals surface area (Å²) in [5.74, 6) is -1.05. The van der Waals surface area contributed by atoms with E-state index in [0.29, 0.717) is 37.6 Å². The summed E-state index contributed by atoms with van der Waals surface area (Å²) in [5, 5.41) is 13.6. The smallest absolute Gasteiger partial charge is 0.340 e. The molecule has 0 bridgehead atoms. The van der Waals surface area contributed by atoms with E-state index in [1.807, 2.05) is 6.07 Å². The van der Waals surface area contributed by atoms with E-state index < -0.39 is 16.8 Å². The van der Waals surface area contributed by atoms with Gasteiger partial charge in [-0.2, -0.15) is 0 Å². The monoisotopic (exact) mass is 399 g/mol. The fourth-order valence-corrected chi connectivity index (χ4v) is 3.13. The van der Waals surface area contributed by atoms with Gasteiger partial charge in [-0.25, -0.2) is 4.79 Å². The largest absolute Gasteiger partial charge is 0.465 e. The number of ether oxygens (including phenoxy) is 2. The van der Waals surface area contributed by atoms with Gasteiger partial charge < -0.3 is 19.7 Å². The van der Waals surface area contributed by atoms with E-state index in [4.69, 9.17) is 9.47 Å². The van der Waals surface area contributed by atoms with Gasteiger partial charge in [-0.1, -0.05) is 0 Å². The molecule has 0 atom stereocenters. The van der Waals surface area contributed by atoms with Gasteiger partial charge in [-0.3, -0.25) is 14.9 Å². The van der Waals surface area contributed by atoms with Crippen LogP contribution in [0.5, 0.6) is 0 Å². The van der Waals surface area contributed by atoms with Crippen LogP contribution in [0.25, 0.3) is 0 Å². The highest BCUT2D eigenvalue weighted by molar-refractivity contribution is 6.08. The zero-order chi connectivity index (χ0) is 21.0. The molecule has 2 aromatic carbocycles. The van der Waals surface area contributed by atoms with E-state index >= 15 is 0 Å². The highest BCUT2D eigenvalue weighted by atomic mass is 16.6. The molecule has 0 saturated carbocycles. The Morgan fingerprint density at radius 2 is 1.90 bits per heavy atom. The normalized spacial score (nSPS) is 13.7. The van der Waals surface area contributed by atoms with Gasteiger partial charge in [-0.05, 0) is 37.3 Å². The molecule has 9 heteroatoms. The number of methoxy groups -OCH3 is 1. The van der Waals surface area contributed by atoms with Gasteiger partial charge in [0.1, 0.15) is 0 Å². The summed E-state index contributed by atoms with van der Waals surface area (Å²) in [4.78, 5) is 37.4. The predicted molar refractivity (Wildman–Crippen MR) is 107 cm³/mol. The zero-order valence-corrected chi connectivity index (χ0v) is 16.1. The minimum Gasteiger partial charge on any atom is -0.465 e. The number of rotatable bonds is 5. The molecule has 3 rings (SSSR count). The van der Waals surface area contributed by atoms with E-state index in [9.17, 15) is 19.7 Å². The van der Waals surface area contributed by atoms with Crippen LogP contribution in [0.2, 0.25) is 0 Å². The van der Waals surface area contributed by atoms with Crippen LogP contribution in [0, 0.1) is 17.0 Å². The highest BCUT2D eigenvalue weighted by Gasteiger charge is 2.20. The van der Waals surface area contributed by atoms with Crippen LogP contribution in [0.1, 0.15) is 26.3 Å². The topological polar surface area (TPSA) is 111 Å². The number of nitrogens with one attached hydrogen (secondary N) is 1. The van der Waals surface area contributed by atoms with Crippen LogP contribution < -0.4 is 10.2 Å². The van der Waals surface area contributed by atoms with Crippen molar-refractivity contribution in [3.05, 3.63) is 63.2 Å². The van der Waals surface area contributed by atoms with Gasteiger partial charge in [0.05, 0.1) is 36.5 Å². The molecule has 0 radical (unpaired) electrons. The summed E-state index contributed by atoms with van der Waals surface area (Å²) in [6.07, 6.45) is 0. The summed E-state index contributed by atoms with van der Waals surface area (Å²) in [5.41, 5.74) is 1.92. The van der Waals surface area contributed by atoms with Crippen molar-refractivity contribution in [2.24, 2.45) is 0 Å². The number of carbonyl (C=O) groups is 2. The summed E-state index contributed by atoms with van der Waals surface area (Å²) >= 11 is 0. The lowest BCUT2D eigenvalue weighted by Crippen LogP contribution is -2.36. The van der Waals surface area contributed by atoms with E-state index in [1.54, 1.807) is 19.1 Å². The average Bonchev–Trinajstić information content (AvgIpc) is 2.73. The zero-order valence-electron chi connectivity index (χ0n) is 16.1. The van der Waals surface area contributed by atoms with E-state index in [2.05, 4.69) is 10.2 Å². The van der Waals surface area contributed by atoms with Crippen molar-refractivity contribution in [2.75, 3.05) is 43.6 Å². The van der Waals surface area contributed by atoms with Crippen LogP contribution in [-0.4, -0.2) is 50.2 Å². The first-order valence-electron chi connectivity index (χ1n) is 9.02. The maximum Gasteiger partial charge on any atom is 0.340 e. The minimum absolute atomic E-state index is 0.0633. The number of hydrogen-bond donors (Lipinski definition) is 1. The third kappa shape index (κ3) is 4.52. The van der Waals surface area contributed by atoms with Crippen molar-refractivity contribution < 1.29 is 24.0 Å². The van der Waals surface area contributed by atoms with Crippen molar-refractivity contribution in [2.45, 2.75) is 6.92 Å². The number of nitro groups is 1. The maximum atomic E-state index is 12.6. The molecule has 1 aliphatic rings. The second-order valence-corrected chi connectivity index (χ2v) is 6.53. The molecular weight excluding hydrogens is 378 g/mol. The summed E-state index contributed by atoms with van der Waals surface area (Å²) < 4.78 is 10.2. The molecule has 1 saturated heterocycles. The van der Waals surface area contributed by atoms with Crippen molar-refractivity contribution in [1.82, 2.24) is 0 Å². The number of hydrogen-bond acceptors (Lipinski definition) is 7. The van der Waals surface area contributed by atoms with Crippen LogP contribution in [0.3, 0.4) is 0 Å². The number of morpholine rings is 1. The van der Waals surface area contributed by atoms with Crippen LogP contribution in [0.15, 0.2) is 36.4 Å². The molecule has 9 nitrogen and oxygen atoms in total. The number of esters is 1. The molecule has 1 heterocycles. The minimum atomic E-state index is -0.574. The fourth-order valence-electron chi connectivity index (χ4n) is 3.13. The Labute approximate surface area is 167 Å². The van der Waals surface area contributed by atoms with Gasteiger partial charge in [-0.15, -0.1) is 0 Å². The van der Waals surface area contributed by atoms with Gasteiger partial charge in [0.25, 0.3) is 11.6 Å². The summed E-state index contributed by atoms with van der Waals surface area (Å²) in [7, 11) is 1.27. The van der Waals surface area contributed by atoms with Gasteiger partial charge >= 0.3 is 5.97 Å². The number of aryl methyl sites for hydroxylation is 1. The molecule has 152 valence electrons. The van der Waals surface area contributed by atoms with Crippen LogP contribution in [0.4, 0.5) is 17.1 Å². The fraction of sp³-hybridized carbons (Fsp3) is 0.300. The van der Waals surface area contributed by atoms with E-state index in [0.717, 1.165) is 5.69 Å². The number of carbonyl (C=O) groups excluding carboxylic acids is 2. The number of nitrogens with zero attached hydrogens (tertiary/aromatic N) is 2. The third-order valence-electron chi connectivity index (χ3n) is 4.69. The molecular formula is C20H21N3O6. The second-order valence-electron chi connectivity index (χ2n) is 6.53. The molecule has 0 unspecified atom stereocenters. The first-order valence-corrected chi connectivity index (χ1v) is 9.02. The molecule has 2 aromatic rings. The molecule has 1 fully saturated rings. The average molecular weight is 399 g/mol. The molecule has 0 aliphatic carbocycles. The standard InChI is InChI=1S/C20H21N3O6/c1-13-11-14(3-6-18(13)23(26)27)19(24)21-17-5-4-15(12-16(17)20(25)28-2)22-7-9-29-10-8-22/h3-6,11-12H,7-10H2,1-2H3,(H,21,24). The van der Waals surface area contributed by atoms with Crippen molar-refractivity contribution in [3.8, 4) is 0 Å². The number of anilines is 2. The summed E-state index contributed by atoms with van der Waals surface area (Å²) in [6.45, 7) is 4.17. The van der Waals surface area contributed by atoms with Crippen molar-refractivity contribution in [1.29, 1.82) is 0 Å². The highest BCUT2D eigenvalue weighted by Crippen LogP contribution is 2.26. The molecule has 1 amide bonds. The van der Waals surface area contributed by atoms with Gasteiger partial charge in [0, 0.05) is 36.0 Å². The lowest BCUT2D eigenvalue weighted by molar-refractivity contribution is -0.385.